The molecule has 0 unspecified atom stereocenters. The Balaban J connectivity index is 1.77. The van der Waals surface area contributed by atoms with E-state index in [1.54, 1.807) is 4.68 Å². The number of carbonyl (C=O) groups excluding carboxylic acids is 1. The van der Waals surface area contributed by atoms with E-state index in [0.717, 1.165) is 11.3 Å². The van der Waals surface area contributed by atoms with Gasteiger partial charge in [0.15, 0.2) is 0 Å². The summed E-state index contributed by atoms with van der Waals surface area (Å²) in [5.74, 6) is -0.00454. The topological polar surface area (TPSA) is 61.9 Å². The van der Waals surface area contributed by atoms with Crippen LogP contribution in [0.4, 0.5) is 0 Å². The Labute approximate surface area is 155 Å². The summed E-state index contributed by atoms with van der Waals surface area (Å²) in [4.78, 5) is 14.8. The van der Waals surface area contributed by atoms with Crippen LogP contribution in [0.3, 0.4) is 0 Å². The molecule has 2 aromatic rings. The smallest absolute Gasteiger partial charge is 0.272 e. The lowest BCUT2D eigenvalue weighted by atomic mass is 9.74. The average molecular weight is 350 g/mol. The lowest BCUT2D eigenvalue weighted by molar-refractivity contribution is 0.0681. The molecular formula is C21H26N4O. The fourth-order valence-corrected chi connectivity index (χ4v) is 3.51. The normalized spacial score (nSPS) is 17.0. The van der Waals surface area contributed by atoms with Gasteiger partial charge in [0.1, 0.15) is 5.69 Å². The van der Waals surface area contributed by atoms with Crippen LogP contribution in [0.15, 0.2) is 36.4 Å². The van der Waals surface area contributed by atoms with Crippen LogP contribution in [0.5, 0.6) is 0 Å². The van der Waals surface area contributed by atoms with Gasteiger partial charge in [-0.05, 0) is 24.5 Å². The number of nitriles is 1. The van der Waals surface area contributed by atoms with Gasteiger partial charge in [0.25, 0.3) is 5.91 Å². The zero-order valence-electron chi connectivity index (χ0n) is 16.0. The molecule has 1 aromatic heterocycles. The third kappa shape index (κ3) is 3.24. The average Bonchev–Trinajstić information content (AvgIpc) is 3.04. The number of aryl methyl sites for hydroxylation is 1. The quantitative estimate of drug-likeness (QED) is 0.834. The molecule has 0 saturated carbocycles. The van der Waals surface area contributed by atoms with Gasteiger partial charge >= 0.3 is 0 Å². The van der Waals surface area contributed by atoms with Crippen molar-refractivity contribution < 1.29 is 4.79 Å². The molecule has 1 aliphatic heterocycles. The Morgan fingerprint density at radius 2 is 1.81 bits per heavy atom. The monoisotopic (exact) mass is 350 g/mol. The molecule has 1 aliphatic rings. The van der Waals surface area contributed by atoms with Gasteiger partial charge < -0.3 is 4.90 Å². The first-order valence-corrected chi connectivity index (χ1v) is 9.07. The van der Waals surface area contributed by atoms with Crippen LogP contribution >= 0.6 is 0 Å². The minimum atomic E-state index is -0.499. The van der Waals surface area contributed by atoms with E-state index in [4.69, 9.17) is 0 Å². The molecule has 136 valence electrons. The van der Waals surface area contributed by atoms with E-state index in [-0.39, 0.29) is 11.3 Å². The van der Waals surface area contributed by atoms with Crippen molar-refractivity contribution in [1.82, 2.24) is 14.7 Å². The predicted octanol–water partition coefficient (Wildman–Crippen LogP) is 3.42. The zero-order chi connectivity index (χ0) is 18.9. The van der Waals surface area contributed by atoms with Gasteiger partial charge in [-0.15, -0.1) is 0 Å². The molecule has 1 aromatic carbocycles. The molecule has 2 heterocycles. The summed E-state index contributed by atoms with van der Waals surface area (Å²) < 4.78 is 1.67. The largest absolute Gasteiger partial charge is 0.337 e. The second-order valence-electron chi connectivity index (χ2n) is 8.14. The van der Waals surface area contributed by atoms with Crippen molar-refractivity contribution in [3.8, 4) is 6.07 Å². The summed E-state index contributed by atoms with van der Waals surface area (Å²) in [6, 6.07) is 14.3. The van der Waals surface area contributed by atoms with Gasteiger partial charge in [-0.25, -0.2) is 0 Å². The Morgan fingerprint density at radius 1 is 1.19 bits per heavy atom. The maximum Gasteiger partial charge on any atom is 0.272 e. The molecule has 5 heteroatoms. The molecule has 26 heavy (non-hydrogen) atoms. The number of piperidine rings is 1. The number of carbonyl (C=O) groups is 1. The first kappa shape index (κ1) is 18.2. The Bertz CT molecular complexity index is 831. The second kappa shape index (κ2) is 6.60. The third-order valence-electron chi connectivity index (χ3n) is 5.31. The van der Waals surface area contributed by atoms with E-state index in [2.05, 4.69) is 31.9 Å². The van der Waals surface area contributed by atoms with E-state index in [9.17, 15) is 10.1 Å². The number of amides is 1. The summed E-state index contributed by atoms with van der Waals surface area (Å²) in [5, 5.41) is 14.3. The van der Waals surface area contributed by atoms with Crippen molar-refractivity contribution in [2.24, 2.45) is 7.05 Å². The van der Waals surface area contributed by atoms with E-state index < -0.39 is 5.41 Å². The lowest BCUT2D eigenvalue weighted by Gasteiger charge is -2.37. The van der Waals surface area contributed by atoms with Crippen molar-refractivity contribution in [2.45, 2.75) is 44.4 Å². The van der Waals surface area contributed by atoms with Crippen LogP contribution < -0.4 is 0 Å². The number of nitrogens with zero attached hydrogens (tertiary/aromatic N) is 4. The van der Waals surface area contributed by atoms with Crippen molar-refractivity contribution in [3.63, 3.8) is 0 Å². The highest BCUT2D eigenvalue weighted by Crippen LogP contribution is 2.35. The summed E-state index contributed by atoms with van der Waals surface area (Å²) in [5.41, 5.74) is 1.97. The standard InChI is InChI=1S/C21H26N4O/c1-20(2,3)18-14-17(24(4)23-18)19(26)25-12-10-21(15-22,11-13-25)16-8-6-5-7-9-16/h5-9,14H,10-13H2,1-4H3. The highest BCUT2D eigenvalue weighted by Gasteiger charge is 2.38. The molecule has 0 aliphatic carbocycles. The van der Waals surface area contributed by atoms with Crippen molar-refractivity contribution in [2.75, 3.05) is 13.1 Å². The molecule has 1 amide bonds. The second-order valence-corrected chi connectivity index (χ2v) is 8.14. The Hall–Kier alpha value is -2.61. The minimum absolute atomic E-state index is 0.00454. The summed E-state index contributed by atoms with van der Waals surface area (Å²) in [6.07, 6.45) is 1.31. The van der Waals surface area contributed by atoms with Crippen LogP contribution in [-0.4, -0.2) is 33.7 Å². The molecular weight excluding hydrogens is 324 g/mol. The highest BCUT2D eigenvalue weighted by atomic mass is 16.2. The summed E-state index contributed by atoms with van der Waals surface area (Å²) in [6.45, 7) is 7.43. The molecule has 0 bridgehead atoms. The van der Waals surface area contributed by atoms with Gasteiger partial charge in [-0.2, -0.15) is 10.4 Å². The van der Waals surface area contributed by atoms with Crippen LogP contribution in [0, 0.1) is 11.3 Å². The van der Waals surface area contributed by atoms with Gasteiger partial charge in [0.2, 0.25) is 0 Å². The Morgan fingerprint density at radius 3 is 2.31 bits per heavy atom. The number of hydrogen-bond acceptors (Lipinski definition) is 3. The zero-order valence-corrected chi connectivity index (χ0v) is 16.0. The number of hydrogen-bond donors (Lipinski definition) is 0. The van der Waals surface area contributed by atoms with E-state index >= 15 is 0 Å². The minimum Gasteiger partial charge on any atom is -0.337 e. The van der Waals surface area contributed by atoms with Crippen molar-refractivity contribution >= 4 is 5.91 Å². The van der Waals surface area contributed by atoms with Crippen LogP contribution in [0.25, 0.3) is 0 Å². The maximum atomic E-state index is 13.0. The fourth-order valence-electron chi connectivity index (χ4n) is 3.51. The van der Waals surface area contributed by atoms with E-state index in [1.807, 2.05) is 48.3 Å². The Kier molecular flexibility index (Phi) is 4.62. The molecule has 0 radical (unpaired) electrons. The number of aromatic nitrogens is 2. The first-order valence-electron chi connectivity index (χ1n) is 9.07. The maximum absolute atomic E-state index is 13.0. The highest BCUT2D eigenvalue weighted by molar-refractivity contribution is 5.92. The SMILES string of the molecule is Cn1nc(C(C)(C)C)cc1C(=O)N1CCC(C#N)(c2ccccc2)CC1. The molecule has 3 rings (SSSR count). The van der Waals surface area contributed by atoms with E-state index in [1.165, 1.54) is 0 Å². The lowest BCUT2D eigenvalue weighted by Crippen LogP contribution is -2.45. The van der Waals surface area contributed by atoms with Crippen molar-refractivity contribution in [3.05, 3.63) is 53.3 Å². The molecule has 0 atom stereocenters. The van der Waals surface area contributed by atoms with Gasteiger partial charge in [0, 0.05) is 25.6 Å². The van der Waals surface area contributed by atoms with Crippen LogP contribution in [0.2, 0.25) is 0 Å². The van der Waals surface area contributed by atoms with Gasteiger partial charge in [-0.1, -0.05) is 51.1 Å². The van der Waals surface area contributed by atoms with Crippen LogP contribution in [-0.2, 0) is 17.9 Å². The van der Waals surface area contributed by atoms with Gasteiger partial charge in [0.05, 0.1) is 17.2 Å². The number of likely N-dealkylation sites (tertiary alicyclic amines) is 1. The summed E-state index contributed by atoms with van der Waals surface area (Å²) >= 11 is 0. The molecule has 0 spiro atoms. The van der Waals surface area contributed by atoms with Gasteiger partial charge in [-0.3, -0.25) is 9.48 Å². The fraction of sp³-hybridized carbons (Fsp3) is 0.476. The summed E-state index contributed by atoms with van der Waals surface area (Å²) in [7, 11) is 1.82. The molecule has 1 saturated heterocycles. The number of benzene rings is 1. The number of rotatable bonds is 2. The van der Waals surface area contributed by atoms with Crippen LogP contribution in [0.1, 0.15) is 55.4 Å². The molecule has 1 fully saturated rings. The first-order chi connectivity index (χ1) is 12.3. The molecule has 5 nitrogen and oxygen atoms in total. The molecule has 0 N–H and O–H groups in total. The third-order valence-corrected chi connectivity index (χ3v) is 5.31. The predicted molar refractivity (Wildman–Crippen MR) is 101 cm³/mol. The van der Waals surface area contributed by atoms with Crippen molar-refractivity contribution in [1.29, 1.82) is 5.26 Å². The van der Waals surface area contributed by atoms with E-state index in [0.29, 0.717) is 31.6 Å².